The summed E-state index contributed by atoms with van der Waals surface area (Å²) in [6.45, 7) is 4.29. The lowest BCUT2D eigenvalue weighted by Gasteiger charge is -2.51. The molecule has 18 heavy (non-hydrogen) atoms. The molecule has 2 atom stereocenters. The summed E-state index contributed by atoms with van der Waals surface area (Å²) in [5, 5.41) is 12.6. The number of nitriles is 1. The van der Waals surface area contributed by atoms with E-state index in [0.29, 0.717) is 16.4 Å². The minimum atomic E-state index is 0.0302. The number of anilines is 1. The number of ether oxygens (including phenoxy) is 1. The van der Waals surface area contributed by atoms with Crippen LogP contribution in [0.5, 0.6) is 0 Å². The smallest absolute Gasteiger partial charge is 0.146 e. The Morgan fingerprint density at radius 1 is 1.61 bits per heavy atom. The zero-order chi connectivity index (χ0) is 13.3. The topological polar surface area (TPSA) is 57.9 Å². The number of halogens is 1. The van der Waals surface area contributed by atoms with Gasteiger partial charge in [-0.1, -0.05) is 25.4 Å². The van der Waals surface area contributed by atoms with Gasteiger partial charge >= 0.3 is 0 Å². The van der Waals surface area contributed by atoms with Gasteiger partial charge in [0.2, 0.25) is 0 Å². The molecule has 0 aliphatic heterocycles. The molecule has 1 N–H and O–H groups in total. The molecule has 0 radical (unpaired) electrons. The molecule has 0 bridgehead atoms. The van der Waals surface area contributed by atoms with Crippen LogP contribution in [-0.2, 0) is 4.74 Å². The van der Waals surface area contributed by atoms with Gasteiger partial charge in [-0.2, -0.15) is 5.26 Å². The van der Waals surface area contributed by atoms with Gasteiger partial charge in [0.25, 0.3) is 0 Å². The molecule has 1 aromatic heterocycles. The number of rotatable bonds is 3. The first-order valence-electron chi connectivity index (χ1n) is 5.84. The van der Waals surface area contributed by atoms with Gasteiger partial charge in [0.1, 0.15) is 16.9 Å². The summed E-state index contributed by atoms with van der Waals surface area (Å²) >= 11 is 6.12. The Balaban J connectivity index is 2.15. The van der Waals surface area contributed by atoms with Crippen molar-refractivity contribution < 1.29 is 4.74 Å². The van der Waals surface area contributed by atoms with E-state index in [4.69, 9.17) is 21.6 Å². The van der Waals surface area contributed by atoms with Gasteiger partial charge in [0, 0.05) is 24.8 Å². The van der Waals surface area contributed by atoms with Crippen LogP contribution >= 0.6 is 11.6 Å². The van der Waals surface area contributed by atoms with Crippen LogP contribution in [0.25, 0.3) is 0 Å². The molecular formula is C13H16ClN3O. The summed E-state index contributed by atoms with van der Waals surface area (Å²) < 4.78 is 5.40. The van der Waals surface area contributed by atoms with Crippen LogP contribution in [0, 0.1) is 16.7 Å². The molecule has 0 spiro atoms. The molecule has 1 fully saturated rings. The molecule has 1 aliphatic carbocycles. The molecule has 0 aromatic carbocycles. The van der Waals surface area contributed by atoms with Crippen molar-refractivity contribution in [2.75, 3.05) is 12.4 Å². The third-order valence-corrected chi connectivity index (χ3v) is 4.17. The zero-order valence-corrected chi connectivity index (χ0v) is 11.5. The fourth-order valence-electron chi connectivity index (χ4n) is 2.33. The van der Waals surface area contributed by atoms with E-state index in [2.05, 4.69) is 24.1 Å². The van der Waals surface area contributed by atoms with Crippen molar-refractivity contribution in [2.45, 2.75) is 32.4 Å². The first kappa shape index (κ1) is 13.1. The Hall–Kier alpha value is -1.31. The van der Waals surface area contributed by atoms with Crippen LogP contribution in [0.15, 0.2) is 12.3 Å². The SMILES string of the molecule is COC1CC(Nc2nccc(C#N)c2Cl)C1(C)C. The van der Waals surface area contributed by atoms with E-state index < -0.39 is 0 Å². The molecule has 96 valence electrons. The van der Waals surface area contributed by atoms with Gasteiger partial charge in [-0.05, 0) is 12.5 Å². The number of nitrogens with zero attached hydrogens (tertiary/aromatic N) is 2. The predicted molar refractivity (Wildman–Crippen MR) is 70.6 cm³/mol. The maximum atomic E-state index is 8.92. The number of methoxy groups -OCH3 is 1. The number of nitrogens with one attached hydrogen (secondary N) is 1. The monoisotopic (exact) mass is 265 g/mol. The number of pyridine rings is 1. The fraction of sp³-hybridized carbons (Fsp3) is 0.538. The molecule has 0 amide bonds. The Bertz CT molecular complexity index is 495. The van der Waals surface area contributed by atoms with Gasteiger partial charge in [-0.3, -0.25) is 0 Å². The molecule has 0 saturated heterocycles. The average molecular weight is 266 g/mol. The molecule has 1 aliphatic rings. The average Bonchev–Trinajstić information content (AvgIpc) is 2.35. The van der Waals surface area contributed by atoms with Crippen molar-refractivity contribution in [2.24, 2.45) is 5.41 Å². The van der Waals surface area contributed by atoms with Crippen LogP contribution in [0.3, 0.4) is 0 Å². The lowest BCUT2D eigenvalue weighted by atomic mass is 9.64. The molecule has 1 aromatic rings. The van der Waals surface area contributed by atoms with Gasteiger partial charge in [-0.25, -0.2) is 4.98 Å². The van der Waals surface area contributed by atoms with Crippen LogP contribution in [0.2, 0.25) is 5.02 Å². The highest BCUT2D eigenvalue weighted by atomic mass is 35.5. The molecule has 4 nitrogen and oxygen atoms in total. The number of hydrogen-bond acceptors (Lipinski definition) is 4. The molecule has 1 heterocycles. The summed E-state index contributed by atoms with van der Waals surface area (Å²) in [6, 6.07) is 3.91. The summed E-state index contributed by atoms with van der Waals surface area (Å²) in [6.07, 6.45) is 2.75. The van der Waals surface area contributed by atoms with E-state index in [-0.39, 0.29) is 17.6 Å². The van der Waals surface area contributed by atoms with Crippen molar-refractivity contribution in [3.63, 3.8) is 0 Å². The molecule has 1 saturated carbocycles. The van der Waals surface area contributed by atoms with Gasteiger partial charge in [0.05, 0.1) is 11.7 Å². The quantitative estimate of drug-likeness (QED) is 0.913. The third-order valence-electron chi connectivity index (χ3n) is 3.78. The minimum absolute atomic E-state index is 0.0302. The molecule has 2 unspecified atom stereocenters. The largest absolute Gasteiger partial charge is 0.381 e. The summed E-state index contributed by atoms with van der Waals surface area (Å²) in [5.74, 6) is 0.573. The predicted octanol–water partition coefficient (Wildman–Crippen LogP) is 2.83. The Morgan fingerprint density at radius 3 is 2.89 bits per heavy atom. The van der Waals surface area contributed by atoms with E-state index >= 15 is 0 Å². The normalized spacial score (nSPS) is 25.1. The Labute approximate surface area is 112 Å². The third kappa shape index (κ3) is 2.05. The van der Waals surface area contributed by atoms with Crippen LogP contribution in [0.4, 0.5) is 5.82 Å². The van der Waals surface area contributed by atoms with Crippen molar-refractivity contribution in [3.05, 3.63) is 22.8 Å². The van der Waals surface area contributed by atoms with E-state index in [1.807, 2.05) is 6.07 Å². The van der Waals surface area contributed by atoms with Gasteiger partial charge in [-0.15, -0.1) is 0 Å². The van der Waals surface area contributed by atoms with E-state index in [9.17, 15) is 0 Å². The van der Waals surface area contributed by atoms with Crippen molar-refractivity contribution in [1.29, 1.82) is 5.26 Å². The summed E-state index contributed by atoms with van der Waals surface area (Å²) in [4.78, 5) is 4.19. The van der Waals surface area contributed by atoms with Crippen LogP contribution in [0.1, 0.15) is 25.8 Å². The highest BCUT2D eigenvalue weighted by Gasteiger charge is 2.48. The second kappa shape index (κ2) is 4.75. The van der Waals surface area contributed by atoms with Crippen molar-refractivity contribution in [1.82, 2.24) is 4.98 Å². The van der Waals surface area contributed by atoms with Crippen molar-refractivity contribution in [3.8, 4) is 6.07 Å². The maximum absolute atomic E-state index is 8.92. The summed E-state index contributed by atoms with van der Waals surface area (Å²) in [5.41, 5.74) is 0.470. The zero-order valence-electron chi connectivity index (χ0n) is 10.7. The van der Waals surface area contributed by atoms with E-state index in [1.54, 1.807) is 19.4 Å². The standard InChI is InChI=1S/C13H16ClN3O/c1-13(2)9(6-10(13)18-3)17-12-11(14)8(7-15)4-5-16-12/h4-5,9-10H,6H2,1-3H3,(H,16,17). The number of aromatic nitrogens is 1. The van der Waals surface area contributed by atoms with Gasteiger partial charge in [0.15, 0.2) is 0 Å². The molecule has 2 rings (SSSR count). The number of hydrogen-bond donors (Lipinski definition) is 1. The second-order valence-corrected chi connectivity index (χ2v) is 5.49. The highest BCUT2D eigenvalue weighted by molar-refractivity contribution is 6.34. The second-order valence-electron chi connectivity index (χ2n) is 5.11. The van der Waals surface area contributed by atoms with Crippen LogP contribution in [-0.4, -0.2) is 24.2 Å². The summed E-state index contributed by atoms with van der Waals surface area (Å²) in [7, 11) is 1.73. The lowest BCUT2D eigenvalue weighted by Crippen LogP contribution is -2.57. The van der Waals surface area contributed by atoms with Crippen LogP contribution < -0.4 is 5.32 Å². The molecule has 5 heteroatoms. The van der Waals surface area contributed by atoms with Crippen molar-refractivity contribution >= 4 is 17.4 Å². The van der Waals surface area contributed by atoms with E-state index in [0.717, 1.165) is 6.42 Å². The lowest BCUT2D eigenvalue weighted by molar-refractivity contribution is -0.0795. The maximum Gasteiger partial charge on any atom is 0.146 e. The first-order valence-corrected chi connectivity index (χ1v) is 6.22. The van der Waals surface area contributed by atoms with Gasteiger partial charge < -0.3 is 10.1 Å². The fourth-order valence-corrected chi connectivity index (χ4v) is 2.53. The molecular weight excluding hydrogens is 250 g/mol. The highest BCUT2D eigenvalue weighted by Crippen LogP contribution is 2.44. The Kier molecular flexibility index (Phi) is 3.47. The Morgan fingerprint density at radius 2 is 2.33 bits per heavy atom. The first-order chi connectivity index (χ1) is 8.50. The van der Waals surface area contributed by atoms with E-state index in [1.165, 1.54) is 0 Å². The minimum Gasteiger partial charge on any atom is -0.381 e.